The number of carboxylic acids is 1. The largest absolute Gasteiger partial charge is 0.504 e. The number of benzene rings is 2. The van der Waals surface area contributed by atoms with Gasteiger partial charge in [-0.05, 0) is 74.4 Å². The molecule has 416 valence electrons. The molecule has 4 aromatic heterocycles. The summed E-state index contributed by atoms with van der Waals surface area (Å²) in [5.41, 5.74) is 5.54. The van der Waals surface area contributed by atoms with Crippen molar-refractivity contribution in [1.82, 2.24) is 39.9 Å². The van der Waals surface area contributed by atoms with Crippen LogP contribution in [-0.2, 0) is 0 Å². The van der Waals surface area contributed by atoms with E-state index in [1.165, 1.54) is 82.9 Å². The summed E-state index contributed by atoms with van der Waals surface area (Å²) in [6.07, 6.45) is 25.6. The summed E-state index contributed by atoms with van der Waals surface area (Å²) in [5.74, 6) is -3.51. The third-order valence-corrected chi connectivity index (χ3v) is 11.8. The number of rotatable bonds is 10. The summed E-state index contributed by atoms with van der Waals surface area (Å²) in [6, 6.07) is 3.73. The zero-order valence-corrected chi connectivity index (χ0v) is 42.9. The first-order chi connectivity index (χ1) is 37.5. The summed E-state index contributed by atoms with van der Waals surface area (Å²) in [4.78, 5) is 89.9. The topological polar surface area (TPSA) is 358 Å². The molecule has 1 saturated carbocycles. The number of halogens is 3. The highest BCUT2D eigenvalue weighted by molar-refractivity contribution is 6.28. The summed E-state index contributed by atoms with van der Waals surface area (Å²) in [6.45, 7) is 5.89. The van der Waals surface area contributed by atoms with Gasteiger partial charge in [-0.25, -0.2) is 53.4 Å². The van der Waals surface area contributed by atoms with Crippen molar-refractivity contribution in [3.8, 4) is 17.2 Å². The maximum atomic E-state index is 13.6. The Hall–Kier alpha value is -9.08. The van der Waals surface area contributed by atoms with Crippen LogP contribution in [0.5, 0.6) is 17.2 Å². The van der Waals surface area contributed by atoms with Crippen LogP contribution in [0, 0.1) is 31.9 Å². The van der Waals surface area contributed by atoms with Crippen molar-refractivity contribution in [3.05, 3.63) is 128 Å². The highest BCUT2D eigenvalue weighted by atomic mass is 35.5. The standard InChI is InChI=1S/C16H17FN4O3.C8H5FO4.C8H10N4O2.C8H12N4.C5H10.C4H2ClN3O2.H2/c1-24-13-7-10(6-12(17)14(13)22)15(23)20-11-8-18-16(19-9-11)21-4-2-3-5-21;9-6-2-4(8(12)13)1-5(3-10)7(6)11;13-12(14)7-5-9-8(10-6-7)11-3-1-2-4-11;9-7-5-10-8(11-6-7)12-3-1-2-4-12;1-2-4-5-3-1;5-4-6-1-3(2-7-4)8(9)10;/h6-9,22H,2-5H2,1H3,(H,20,23);1-3,11H,(H,12,13);5-6H,1-4H2;5-6H,1-4,9H2;1-5H2;1-2H;1H. The van der Waals surface area contributed by atoms with Crippen LogP contribution < -0.4 is 30.5 Å². The van der Waals surface area contributed by atoms with Gasteiger partial charge in [-0.2, -0.15) is 0 Å². The van der Waals surface area contributed by atoms with E-state index in [4.69, 9.17) is 32.3 Å². The van der Waals surface area contributed by atoms with E-state index in [0.29, 0.717) is 29.3 Å². The molecular weight excluding hydrogens is 1050 g/mol. The molecular formula is C49H58ClF2N15O11. The molecule has 0 atom stereocenters. The van der Waals surface area contributed by atoms with Gasteiger partial charge >= 0.3 is 17.3 Å². The minimum Gasteiger partial charge on any atom is -0.504 e. The second kappa shape index (κ2) is 30.5. The normalized spacial score (nSPS) is 14.0. The fourth-order valence-electron chi connectivity index (χ4n) is 7.55. The van der Waals surface area contributed by atoms with Gasteiger partial charge in [-0.3, -0.25) is 29.8 Å². The lowest BCUT2D eigenvalue weighted by molar-refractivity contribution is -0.385. The number of amides is 1. The molecule has 0 radical (unpaired) electrons. The second-order valence-corrected chi connectivity index (χ2v) is 17.5. The third kappa shape index (κ3) is 18.6. The molecule has 0 bridgehead atoms. The number of nitrogen functional groups attached to an aromatic ring is 1. The van der Waals surface area contributed by atoms with Crippen LogP contribution in [0.4, 0.5) is 49.4 Å². The van der Waals surface area contributed by atoms with Gasteiger partial charge in [0.25, 0.3) is 5.91 Å². The van der Waals surface area contributed by atoms with Gasteiger partial charge in [0.15, 0.2) is 35.2 Å². The maximum Gasteiger partial charge on any atom is 0.335 e. The van der Waals surface area contributed by atoms with Gasteiger partial charge in [0.1, 0.15) is 24.8 Å². The minimum absolute atomic E-state index is 0. The summed E-state index contributed by atoms with van der Waals surface area (Å²) in [7, 11) is 1.28. The Kier molecular flexibility index (Phi) is 23.4. The van der Waals surface area contributed by atoms with Crippen LogP contribution in [0.2, 0.25) is 5.28 Å². The lowest BCUT2D eigenvalue weighted by Gasteiger charge is -2.14. The molecule has 4 fully saturated rings. The molecule has 29 heteroatoms. The lowest BCUT2D eigenvalue weighted by Crippen LogP contribution is -2.20. The third-order valence-electron chi connectivity index (χ3n) is 11.6. The maximum absolute atomic E-state index is 13.6. The van der Waals surface area contributed by atoms with Crippen molar-refractivity contribution in [2.45, 2.75) is 70.6 Å². The SMILES string of the molecule is C1CCCC1.COc1cc(C(=O)Nc2cnc(N3CCCC3)nc2)cc(F)c1O.Nc1cnc(N2CCCC2)nc1.O=Cc1cc(C(=O)O)cc(F)c1O.O=[N+]([O-])c1cnc(Cl)nc1.O=[N+]([O-])c1cnc(N2CCCC2)nc1.[HH]. The molecule has 1 amide bonds. The average Bonchev–Trinajstić information content (AvgIpc) is 4.32. The summed E-state index contributed by atoms with van der Waals surface area (Å²) >= 11 is 5.27. The number of aromatic nitrogens is 8. The Morgan fingerprint density at radius 3 is 1.42 bits per heavy atom. The molecule has 4 aliphatic rings. The Bertz CT molecular complexity index is 2920. The summed E-state index contributed by atoms with van der Waals surface area (Å²) in [5, 5.41) is 49.8. The number of phenols is 2. The molecule has 3 aliphatic heterocycles. The highest BCUT2D eigenvalue weighted by Gasteiger charge is 2.19. The fourth-order valence-corrected chi connectivity index (χ4v) is 7.65. The van der Waals surface area contributed by atoms with E-state index in [9.17, 15) is 48.5 Å². The number of phenolic OH excluding ortho intramolecular Hbond substituents is 2. The van der Waals surface area contributed by atoms with Gasteiger partial charge in [-0.1, -0.05) is 32.1 Å². The number of anilines is 5. The van der Waals surface area contributed by atoms with Crippen molar-refractivity contribution in [3.63, 3.8) is 0 Å². The predicted octanol–water partition coefficient (Wildman–Crippen LogP) is 8.10. The lowest BCUT2D eigenvalue weighted by atomic mass is 10.1. The Morgan fingerprint density at radius 1 is 0.641 bits per heavy atom. The van der Waals surface area contributed by atoms with E-state index in [-0.39, 0.29) is 46.8 Å². The first-order valence-electron chi connectivity index (χ1n) is 24.3. The van der Waals surface area contributed by atoms with Crippen molar-refractivity contribution in [2.24, 2.45) is 0 Å². The zero-order valence-electron chi connectivity index (χ0n) is 42.2. The minimum atomic E-state index is -1.36. The number of aldehydes is 1. The average molecular weight is 1110 g/mol. The molecule has 6 N–H and O–H groups in total. The number of nitrogens with one attached hydrogen (secondary N) is 1. The van der Waals surface area contributed by atoms with Crippen molar-refractivity contribution in [2.75, 3.05) is 72.1 Å². The molecule has 3 saturated heterocycles. The van der Waals surface area contributed by atoms with Crippen LogP contribution in [0.1, 0.15) is 103 Å². The number of ether oxygens (including phenoxy) is 1. The number of aromatic carboxylic acids is 1. The van der Waals surface area contributed by atoms with E-state index in [1.807, 2.05) is 4.90 Å². The first-order valence-corrected chi connectivity index (χ1v) is 24.7. The molecule has 78 heavy (non-hydrogen) atoms. The van der Waals surface area contributed by atoms with Crippen LogP contribution >= 0.6 is 11.6 Å². The van der Waals surface area contributed by atoms with Crippen molar-refractivity contribution < 1.29 is 54.5 Å². The molecule has 26 nitrogen and oxygen atoms in total. The summed E-state index contributed by atoms with van der Waals surface area (Å²) < 4.78 is 31.2. The van der Waals surface area contributed by atoms with Gasteiger partial charge in [-0.15, -0.1) is 0 Å². The number of carbonyl (C=O) groups is 3. The van der Waals surface area contributed by atoms with Gasteiger partial charge < -0.3 is 45.8 Å². The predicted molar refractivity (Wildman–Crippen MR) is 283 cm³/mol. The molecule has 2 aromatic carbocycles. The second-order valence-electron chi connectivity index (χ2n) is 17.2. The molecule has 7 heterocycles. The Labute approximate surface area is 451 Å². The van der Waals surface area contributed by atoms with E-state index >= 15 is 0 Å². The van der Waals surface area contributed by atoms with E-state index in [1.54, 1.807) is 12.4 Å². The number of nitro groups is 2. The number of aromatic hydroxyl groups is 2. The van der Waals surface area contributed by atoms with E-state index < -0.39 is 44.9 Å². The highest BCUT2D eigenvalue weighted by Crippen LogP contribution is 2.31. The molecule has 1 aliphatic carbocycles. The molecule has 6 aromatic rings. The number of carboxylic acid groups (broad SMARTS) is 1. The number of nitrogens with two attached hydrogens (primary N) is 1. The molecule has 0 spiro atoms. The van der Waals surface area contributed by atoms with E-state index in [0.717, 1.165) is 95.4 Å². The van der Waals surface area contributed by atoms with Crippen LogP contribution in [-0.4, -0.2) is 130 Å². The molecule has 10 rings (SSSR count). The number of methoxy groups -OCH3 is 1. The number of carbonyl (C=O) groups excluding carboxylic acids is 2. The van der Waals surface area contributed by atoms with E-state index in [2.05, 4.69) is 55.0 Å². The monoisotopic (exact) mass is 1110 g/mol. The van der Waals surface area contributed by atoms with Crippen molar-refractivity contribution >= 4 is 70.4 Å². The van der Waals surface area contributed by atoms with Crippen LogP contribution in [0.3, 0.4) is 0 Å². The smallest absolute Gasteiger partial charge is 0.335 e. The molecule has 0 unspecified atom stereocenters. The van der Waals surface area contributed by atoms with Crippen LogP contribution in [0.25, 0.3) is 0 Å². The quantitative estimate of drug-likeness (QED) is 0.0374. The van der Waals surface area contributed by atoms with Crippen molar-refractivity contribution in [1.29, 1.82) is 0 Å². The fraction of sp³-hybridized carbons (Fsp3) is 0.367. The number of hydrogen-bond donors (Lipinski definition) is 5. The van der Waals surface area contributed by atoms with Crippen LogP contribution in [0.15, 0.2) is 73.8 Å². The number of hydrogen-bond acceptors (Lipinski definition) is 22. The van der Waals surface area contributed by atoms with Gasteiger partial charge in [0, 0.05) is 46.3 Å². The van der Waals surface area contributed by atoms with Gasteiger partial charge in [0.2, 0.25) is 23.1 Å². The van der Waals surface area contributed by atoms with Gasteiger partial charge in [0.05, 0.1) is 64.2 Å². The number of nitrogens with zero attached hydrogens (tertiary/aromatic N) is 13. The Balaban J connectivity index is 0.000000214. The zero-order chi connectivity index (χ0) is 56.6. The Morgan fingerprint density at radius 2 is 1.03 bits per heavy atom. The first kappa shape index (κ1) is 59.8.